The Morgan fingerprint density at radius 3 is 2.88 bits per heavy atom. The largest absolute Gasteiger partial charge is 0.370 e. The molecule has 1 aromatic carbocycles. The molecule has 5 heteroatoms. The molecule has 3 rings (SSSR count). The van der Waals surface area contributed by atoms with Crippen LogP contribution in [0.25, 0.3) is 0 Å². The monoisotopic (exact) mass is 327 g/mol. The number of rotatable bonds is 6. The molecule has 4 nitrogen and oxygen atoms in total. The number of halogens is 1. The van der Waals surface area contributed by atoms with Gasteiger partial charge in [0.1, 0.15) is 5.82 Å². The molecule has 1 aliphatic heterocycles. The fraction of sp³-hybridized carbons (Fsp3) is 0.368. The molecule has 1 aromatic heterocycles. The summed E-state index contributed by atoms with van der Waals surface area (Å²) in [5, 5.41) is 0. The predicted octanol–water partition coefficient (Wildman–Crippen LogP) is 2.98. The van der Waals surface area contributed by atoms with E-state index in [4.69, 9.17) is 10.7 Å². The van der Waals surface area contributed by atoms with Gasteiger partial charge < -0.3 is 5.73 Å². The lowest BCUT2D eigenvalue weighted by molar-refractivity contribution is -0.118. The van der Waals surface area contributed by atoms with E-state index in [2.05, 4.69) is 4.90 Å². The molecule has 1 amide bonds. The second kappa shape index (κ2) is 7.53. The minimum Gasteiger partial charge on any atom is -0.370 e. The van der Waals surface area contributed by atoms with Gasteiger partial charge in [-0.25, -0.2) is 4.39 Å². The van der Waals surface area contributed by atoms with Gasteiger partial charge >= 0.3 is 0 Å². The summed E-state index contributed by atoms with van der Waals surface area (Å²) in [4.78, 5) is 17.9. The summed E-state index contributed by atoms with van der Waals surface area (Å²) in [6.45, 7) is 1.52. The standard InChI is InChI=1S/C19H22FN3O/c20-16-7-2-1-5-14(16)13-23-12-4-9-18(23)17-8-3-6-15(22-17)10-11-19(21)24/h1-3,5-8,18H,4,9-13H2,(H2,21,24)/t18-/m0/s1. The molecule has 0 spiro atoms. The van der Waals surface area contributed by atoms with Crippen molar-refractivity contribution in [3.63, 3.8) is 0 Å². The molecule has 2 heterocycles. The van der Waals surface area contributed by atoms with Crippen molar-refractivity contribution in [2.75, 3.05) is 6.54 Å². The Kier molecular flexibility index (Phi) is 5.20. The van der Waals surface area contributed by atoms with Gasteiger partial charge in [0.15, 0.2) is 0 Å². The zero-order chi connectivity index (χ0) is 16.9. The maximum absolute atomic E-state index is 13.9. The van der Waals surface area contributed by atoms with Gasteiger partial charge in [-0.15, -0.1) is 0 Å². The molecule has 0 saturated carbocycles. The Morgan fingerprint density at radius 2 is 2.08 bits per heavy atom. The van der Waals surface area contributed by atoms with Crippen molar-refractivity contribution in [1.82, 2.24) is 9.88 Å². The zero-order valence-electron chi connectivity index (χ0n) is 13.6. The quantitative estimate of drug-likeness (QED) is 0.887. The average molecular weight is 327 g/mol. The second-order valence-electron chi connectivity index (χ2n) is 6.24. The molecule has 2 N–H and O–H groups in total. The smallest absolute Gasteiger partial charge is 0.217 e. The molecule has 0 aliphatic carbocycles. The number of nitrogens with two attached hydrogens (primary N) is 1. The Bertz CT molecular complexity index is 719. The van der Waals surface area contributed by atoms with Crippen LogP contribution in [0.4, 0.5) is 4.39 Å². The summed E-state index contributed by atoms with van der Waals surface area (Å²) in [6, 6.07) is 13.0. The Hall–Kier alpha value is -2.27. The molecule has 1 saturated heterocycles. The van der Waals surface area contributed by atoms with Gasteiger partial charge in [-0.3, -0.25) is 14.7 Å². The molecule has 126 valence electrons. The minimum absolute atomic E-state index is 0.161. The van der Waals surface area contributed by atoms with Crippen LogP contribution in [0.5, 0.6) is 0 Å². The number of nitrogens with zero attached hydrogens (tertiary/aromatic N) is 2. The number of hydrogen-bond donors (Lipinski definition) is 1. The van der Waals surface area contributed by atoms with Gasteiger partial charge in [-0.05, 0) is 44.0 Å². The van der Waals surface area contributed by atoms with E-state index in [0.29, 0.717) is 24.9 Å². The first-order valence-corrected chi connectivity index (χ1v) is 8.35. The first-order chi connectivity index (χ1) is 11.6. The van der Waals surface area contributed by atoms with Crippen LogP contribution in [0, 0.1) is 5.82 Å². The van der Waals surface area contributed by atoms with E-state index in [1.807, 2.05) is 30.3 Å². The lowest BCUT2D eigenvalue weighted by atomic mass is 10.1. The number of hydrogen-bond acceptors (Lipinski definition) is 3. The van der Waals surface area contributed by atoms with Crippen molar-refractivity contribution in [3.8, 4) is 0 Å². The highest BCUT2D eigenvalue weighted by Gasteiger charge is 2.27. The summed E-state index contributed by atoms with van der Waals surface area (Å²) >= 11 is 0. The minimum atomic E-state index is -0.316. The Balaban J connectivity index is 1.74. The number of carbonyl (C=O) groups is 1. The molecular weight excluding hydrogens is 305 g/mol. The number of benzene rings is 1. The summed E-state index contributed by atoms with van der Waals surface area (Å²) in [6.07, 6.45) is 2.95. The highest BCUT2D eigenvalue weighted by molar-refractivity contribution is 5.73. The summed E-state index contributed by atoms with van der Waals surface area (Å²) < 4.78 is 13.9. The fourth-order valence-electron chi connectivity index (χ4n) is 3.27. The predicted molar refractivity (Wildman–Crippen MR) is 90.5 cm³/mol. The van der Waals surface area contributed by atoms with E-state index >= 15 is 0 Å². The summed E-state index contributed by atoms with van der Waals surface area (Å²) in [7, 11) is 0. The maximum atomic E-state index is 13.9. The van der Waals surface area contributed by atoms with Crippen molar-refractivity contribution in [3.05, 3.63) is 65.2 Å². The summed E-state index contributed by atoms with van der Waals surface area (Å²) in [5.74, 6) is -0.476. The van der Waals surface area contributed by atoms with E-state index in [1.54, 1.807) is 6.07 Å². The SMILES string of the molecule is NC(=O)CCc1cccc([C@@H]2CCCN2Cc2ccccc2F)n1. The van der Waals surface area contributed by atoms with Crippen molar-refractivity contribution >= 4 is 5.91 Å². The molecule has 1 fully saturated rings. The third kappa shape index (κ3) is 3.97. The van der Waals surface area contributed by atoms with Gasteiger partial charge in [-0.1, -0.05) is 24.3 Å². The lowest BCUT2D eigenvalue weighted by Gasteiger charge is -2.24. The Labute approximate surface area is 141 Å². The van der Waals surface area contributed by atoms with Crippen molar-refractivity contribution < 1.29 is 9.18 Å². The van der Waals surface area contributed by atoms with Crippen molar-refractivity contribution in [2.45, 2.75) is 38.3 Å². The van der Waals surface area contributed by atoms with Gasteiger partial charge in [0.05, 0.1) is 11.7 Å². The van der Waals surface area contributed by atoms with Gasteiger partial charge in [0.25, 0.3) is 0 Å². The number of amides is 1. The number of likely N-dealkylation sites (tertiary alicyclic amines) is 1. The normalized spacial score (nSPS) is 18.0. The van der Waals surface area contributed by atoms with E-state index < -0.39 is 0 Å². The van der Waals surface area contributed by atoms with E-state index in [-0.39, 0.29) is 17.8 Å². The van der Waals surface area contributed by atoms with Crippen LogP contribution in [0.3, 0.4) is 0 Å². The van der Waals surface area contributed by atoms with Crippen LogP contribution in [0.2, 0.25) is 0 Å². The highest BCUT2D eigenvalue weighted by Crippen LogP contribution is 2.32. The molecule has 2 aromatic rings. The van der Waals surface area contributed by atoms with Crippen LogP contribution < -0.4 is 5.73 Å². The van der Waals surface area contributed by atoms with Gasteiger partial charge in [0.2, 0.25) is 5.91 Å². The average Bonchev–Trinajstić information content (AvgIpc) is 3.03. The molecule has 0 unspecified atom stereocenters. The molecule has 1 aliphatic rings. The van der Waals surface area contributed by atoms with Crippen LogP contribution in [0.15, 0.2) is 42.5 Å². The van der Waals surface area contributed by atoms with Crippen LogP contribution in [-0.2, 0) is 17.8 Å². The first-order valence-electron chi connectivity index (χ1n) is 8.35. The maximum Gasteiger partial charge on any atom is 0.217 e. The molecular formula is C19H22FN3O. The number of aryl methyl sites for hydroxylation is 1. The van der Waals surface area contributed by atoms with Crippen LogP contribution in [0.1, 0.15) is 42.3 Å². The van der Waals surface area contributed by atoms with Gasteiger partial charge in [0, 0.05) is 24.2 Å². The zero-order valence-corrected chi connectivity index (χ0v) is 13.6. The topological polar surface area (TPSA) is 59.2 Å². The van der Waals surface area contributed by atoms with Crippen LogP contribution >= 0.6 is 0 Å². The number of aromatic nitrogens is 1. The number of primary amides is 1. The van der Waals surface area contributed by atoms with Gasteiger partial charge in [-0.2, -0.15) is 0 Å². The molecule has 24 heavy (non-hydrogen) atoms. The molecule has 1 atom stereocenters. The number of carbonyl (C=O) groups excluding carboxylic acids is 1. The lowest BCUT2D eigenvalue weighted by Crippen LogP contribution is -2.24. The van der Waals surface area contributed by atoms with E-state index in [1.165, 1.54) is 6.07 Å². The first kappa shape index (κ1) is 16.6. The molecule has 0 bridgehead atoms. The van der Waals surface area contributed by atoms with Crippen molar-refractivity contribution in [1.29, 1.82) is 0 Å². The van der Waals surface area contributed by atoms with E-state index in [9.17, 15) is 9.18 Å². The second-order valence-corrected chi connectivity index (χ2v) is 6.24. The highest BCUT2D eigenvalue weighted by atomic mass is 19.1. The summed E-state index contributed by atoms with van der Waals surface area (Å²) in [5.41, 5.74) is 7.80. The van der Waals surface area contributed by atoms with Crippen molar-refractivity contribution in [2.24, 2.45) is 5.73 Å². The number of pyridine rings is 1. The van der Waals surface area contributed by atoms with Crippen LogP contribution in [-0.4, -0.2) is 22.3 Å². The third-order valence-electron chi connectivity index (χ3n) is 4.49. The molecule has 0 radical (unpaired) electrons. The van der Waals surface area contributed by atoms with E-state index in [0.717, 1.165) is 30.8 Å². The Morgan fingerprint density at radius 1 is 1.25 bits per heavy atom. The third-order valence-corrected chi connectivity index (χ3v) is 4.49. The fourth-order valence-corrected chi connectivity index (χ4v) is 3.27.